The van der Waals surface area contributed by atoms with Gasteiger partial charge in [0.25, 0.3) is 0 Å². The summed E-state index contributed by atoms with van der Waals surface area (Å²) in [6.45, 7) is 2.26. The lowest BCUT2D eigenvalue weighted by molar-refractivity contribution is -0.120. The maximum atomic E-state index is 13.4. The Bertz CT molecular complexity index is 1200. The molecule has 1 aliphatic heterocycles. The van der Waals surface area contributed by atoms with E-state index in [1.54, 1.807) is 12.1 Å². The van der Waals surface area contributed by atoms with Crippen molar-refractivity contribution in [3.05, 3.63) is 82.9 Å². The summed E-state index contributed by atoms with van der Waals surface area (Å²) in [4.78, 5) is 24.7. The van der Waals surface area contributed by atoms with E-state index in [1.807, 2.05) is 49.4 Å². The van der Waals surface area contributed by atoms with Crippen LogP contribution < -0.4 is 15.2 Å². The minimum atomic E-state index is -0.444. The molecule has 1 aliphatic carbocycles. The van der Waals surface area contributed by atoms with Crippen molar-refractivity contribution in [3.63, 3.8) is 0 Å². The number of amides is 1. The van der Waals surface area contributed by atoms with Crippen molar-refractivity contribution in [2.45, 2.75) is 31.6 Å². The molecule has 5 rings (SSSR count). The smallest absolute Gasteiger partial charge is 0.248 e. The van der Waals surface area contributed by atoms with Crippen LogP contribution in [0.2, 0.25) is 0 Å². The Labute approximate surface area is 182 Å². The van der Waals surface area contributed by atoms with Gasteiger partial charge in [0.15, 0.2) is 11.5 Å². The van der Waals surface area contributed by atoms with Gasteiger partial charge >= 0.3 is 0 Å². The molecule has 0 radical (unpaired) electrons. The number of hydrogen-bond acceptors (Lipinski definition) is 4. The Hall–Kier alpha value is -3.60. The standard InChI is InChI=1S/C26H23NO4.H2/c1-16-2-3-19(17-4-6-18(7-5-17)25(27)29)12-20(16)13-24(28)26(10-11-26)21-8-9-22-23(14-21)31-15-30-22;/h2-9,12,14H,10-11,13,15H2,1H3,(H2,27,29);1H. The van der Waals surface area contributed by atoms with Crippen LogP contribution in [-0.4, -0.2) is 18.5 Å². The van der Waals surface area contributed by atoms with Crippen molar-refractivity contribution >= 4 is 11.7 Å². The van der Waals surface area contributed by atoms with E-state index < -0.39 is 11.3 Å². The minimum absolute atomic E-state index is 0. The molecular formula is C26H25NO4. The Kier molecular flexibility index (Phi) is 4.54. The van der Waals surface area contributed by atoms with Crippen molar-refractivity contribution in [1.29, 1.82) is 0 Å². The van der Waals surface area contributed by atoms with Gasteiger partial charge in [-0.05, 0) is 71.8 Å². The monoisotopic (exact) mass is 415 g/mol. The minimum Gasteiger partial charge on any atom is -0.454 e. The number of nitrogens with two attached hydrogens (primary N) is 1. The molecular weight excluding hydrogens is 390 g/mol. The molecule has 1 saturated carbocycles. The van der Waals surface area contributed by atoms with Gasteiger partial charge in [-0.1, -0.05) is 36.4 Å². The summed E-state index contributed by atoms with van der Waals surface area (Å²) < 4.78 is 10.9. The third-order valence-corrected chi connectivity index (χ3v) is 6.41. The zero-order valence-corrected chi connectivity index (χ0v) is 17.3. The van der Waals surface area contributed by atoms with E-state index in [0.29, 0.717) is 17.7 Å². The van der Waals surface area contributed by atoms with E-state index in [2.05, 4.69) is 6.07 Å². The highest BCUT2D eigenvalue weighted by atomic mass is 16.7. The highest BCUT2D eigenvalue weighted by Crippen LogP contribution is 2.51. The van der Waals surface area contributed by atoms with Gasteiger partial charge in [0.2, 0.25) is 12.7 Å². The zero-order valence-electron chi connectivity index (χ0n) is 17.3. The third-order valence-electron chi connectivity index (χ3n) is 6.41. The van der Waals surface area contributed by atoms with Gasteiger partial charge < -0.3 is 15.2 Å². The number of Topliss-reactive ketones (excluding diaryl/α,β-unsaturated/α-hetero) is 1. The number of benzene rings is 3. The van der Waals surface area contributed by atoms with E-state index >= 15 is 0 Å². The van der Waals surface area contributed by atoms with E-state index in [4.69, 9.17) is 15.2 Å². The second-order valence-corrected chi connectivity index (χ2v) is 8.33. The molecule has 0 spiro atoms. The van der Waals surface area contributed by atoms with Crippen LogP contribution in [0.5, 0.6) is 11.5 Å². The highest BCUT2D eigenvalue weighted by Gasteiger charge is 2.50. The molecule has 1 amide bonds. The fraction of sp³-hybridized carbons (Fsp3) is 0.231. The van der Waals surface area contributed by atoms with Crippen LogP contribution >= 0.6 is 0 Å². The van der Waals surface area contributed by atoms with Gasteiger partial charge in [-0.25, -0.2) is 0 Å². The first-order chi connectivity index (χ1) is 15.0. The van der Waals surface area contributed by atoms with Crippen LogP contribution in [0.4, 0.5) is 0 Å². The molecule has 0 atom stereocenters. The summed E-state index contributed by atoms with van der Waals surface area (Å²) in [7, 11) is 0. The summed E-state index contributed by atoms with van der Waals surface area (Å²) in [5.74, 6) is 1.24. The van der Waals surface area contributed by atoms with E-state index in [1.165, 1.54) is 0 Å². The molecule has 0 bridgehead atoms. The van der Waals surface area contributed by atoms with Gasteiger partial charge in [-0.2, -0.15) is 0 Å². The van der Waals surface area contributed by atoms with Crippen LogP contribution in [0, 0.1) is 6.92 Å². The second kappa shape index (κ2) is 7.27. The average molecular weight is 415 g/mol. The van der Waals surface area contributed by atoms with Crippen LogP contribution in [0.15, 0.2) is 60.7 Å². The summed E-state index contributed by atoms with van der Waals surface area (Å²) in [6, 6.07) is 19.2. The Morgan fingerprint density at radius 2 is 1.65 bits per heavy atom. The lowest BCUT2D eigenvalue weighted by Crippen LogP contribution is -2.22. The Morgan fingerprint density at radius 1 is 0.935 bits per heavy atom. The molecule has 31 heavy (non-hydrogen) atoms. The van der Waals surface area contributed by atoms with Gasteiger partial charge in [-0.3, -0.25) is 9.59 Å². The van der Waals surface area contributed by atoms with Gasteiger partial charge in [-0.15, -0.1) is 0 Å². The summed E-state index contributed by atoms with van der Waals surface area (Å²) in [6.07, 6.45) is 2.10. The fourth-order valence-corrected chi connectivity index (χ4v) is 4.26. The number of aryl methyl sites for hydroxylation is 1. The number of hydrogen-bond donors (Lipinski definition) is 1. The largest absolute Gasteiger partial charge is 0.454 e. The topological polar surface area (TPSA) is 78.6 Å². The second-order valence-electron chi connectivity index (χ2n) is 8.33. The van der Waals surface area contributed by atoms with Gasteiger partial charge in [0.05, 0.1) is 5.41 Å². The zero-order chi connectivity index (χ0) is 21.6. The number of ether oxygens (including phenoxy) is 2. The molecule has 3 aromatic rings. The quantitative estimate of drug-likeness (QED) is 0.639. The predicted molar refractivity (Wildman–Crippen MR) is 119 cm³/mol. The van der Waals surface area contributed by atoms with Crippen LogP contribution in [0.25, 0.3) is 11.1 Å². The highest BCUT2D eigenvalue weighted by molar-refractivity contribution is 5.95. The maximum Gasteiger partial charge on any atom is 0.248 e. The SMILES string of the molecule is Cc1ccc(-c2ccc(C(N)=O)cc2)cc1CC(=O)C1(c2ccc3c(c2)OCO3)CC1.[HH]. The summed E-state index contributed by atoms with van der Waals surface area (Å²) >= 11 is 0. The number of primary amides is 1. The first kappa shape index (κ1) is 19.4. The fourth-order valence-electron chi connectivity index (χ4n) is 4.26. The third kappa shape index (κ3) is 3.46. The average Bonchev–Trinajstić information content (AvgIpc) is 3.46. The maximum absolute atomic E-state index is 13.4. The number of carbonyl (C=O) groups excluding carboxylic acids is 2. The van der Waals surface area contributed by atoms with Gasteiger partial charge in [0.1, 0.15) is 5.78 Å². The molecule has 2 aliphatic rings. The number of rotatable bonds is 6. The normalized spacial score (nSPS) is 15.5. The Balaban J connectivity index is 0.00000245. The Morgan fingerprint density at radius 3 is 2.35 bits per heavy atom. The van der Waals surface area contributed by atoms with Crippen molar-refractivity contribution < 1.29 is 20.5 Å². The summed E-state index contributed by atoms with van der Waals surface area (Å²) in [5.41, 5.74) is 10.5. The number of fused-ring (bicyclic) bond motifs is 1. The lowest BCUT2D eigenvalue weighted by Gasteiger charge is -2.17. The number of ketones is 1. The molecule has 0 saturated heterocycles. The molecule has 1 fully saturated rings. The van der Waals surface area contributed by atoms with Crippen molar-refractivity contribution in [2.24, 2.45) is 5.73 Å². The lowest BCUT2D eigenvalue weighted by atomic mass is 9.86. The van der Waals surface area contributed by atoms with Crippen LogP contribution in [0.3, 0.4) is 0 Å². The predicted octanol–water partition coefficient (Wildman–Crippen LogP) is 4.58. The van der Waals surface area contributed by atoms with E-state index in [-0.39, 0.29) is 14.0 Å². The van der Waals surface area contributed by atoms with Gasteiger partial charge in [0, 0.05) is 13.4 Å². The molecule has 5 nitrogen and oxygen atoms in total. The van der Waals surface area contributed by atoms with Crippen molar-refractivity contribution in [1.82, 2.24) is 0 Å². The first-order valence-electron chi connectivity index (χ1n) is 10.4. The van der Waals surface area contributed by atoms with E-state index in [0.717, 1.165) is 46.4 Å². The summed E-state index contributed by atoms with van der Waals surface area (Å²) in [5, 5.41) is 0. The van der Waals surface area contributed by atoms with E-state index in [9.17, 15) is 9.59 Å². The molecule has 2 N–H and O–H groups in total. The van der Waals surface area contributed by atoms with Crippen molar-refractivity contribution in [2.75, 3.05) is 6.79 Å². The first-order valence-corrected chi connectivity index (χ1v) is 10.4. The molecule has 0 aromatic heterocycles. The number of carbonyl (C=O) groups is 2. The molecule has 0 unspecified atom stereocenters. The molecule has 5 heteroatoms. The van der Waals surface area contributed by atoms with Crippen molar-refractivity contribution in [3.8, 4) is 22.6 Å². The molecule has 158 valence electrons. The molecule has 3 aromatic carbocycles. The molecule has 1 heterocycles. The van der Waals surface area contributed by atoms with Crippen LogP contribution in [-0.2, 0) is 16.6 Å². The van der Waals surface area contributed by atoms with Crippen LogP contribution in [0.1, 0.15) is 41.3 Å².